The maximum Gasteiger partial charge on any atom is 0.273 e. The maximum absolute atomic E-state index is 10.9. The second-order valence-electron chi connectivity index (χ2n) is 6.20. The van der Waals surface area contributed by atoms with Crippen molar-refractivity contribution in [2.24, 2.45) is 0 Å². The second-order valence-corrected chi connectivity index (χ2v) is 6.20. The van der Waals surface area contributed by atoms with Crippen molar-refractivity contribution in [2.45, 2.75) is 25.4 Å². The lowest BCUT2D eigenvalue weighted by Gasteiger charge is -2.33. The molecule has 0 saturated carbocycles. The molecule has 1 aromatic heterocycles. The highest BCUT2D eigenvalue weighted by Gasteiger charge is 2.21. The molecule has 0 radical (unpaired) electrons. The largest absolute Gasteiger partial charge is 0.494 e. The number of rotatable bonds is 6. The molecule has 1 aromatic carbocycles. The van der Waals surface area contributed by atoms with Gasteiger partial charge in [0.1, 0.15) is 5.75 Å². The molecule has 7 heteroatoms. The molecule has 1 fully saturated rings. The van der Waals surface area contributed by atoms with Crippen molar-refractivity contribution in [1.82, 2.24) is 9.88 Å². The Morgan fingerprint density at radius 1 is 1.36 bits per heavy atom. The molecule has 0 spiro atoms. The summed E-state index contributed by atoms with van der Waals surface area (Å²) >= 11 is 0. The molecule has 132 valence electrons. The van der Waals surface area contributed by atoms with Gasteiger partial charge < -0.3 is 10.1 Å². The third-order valence-corrected chi connectivity index (χ3v) is 4.47. The lowest BCUT2D eigenvalue weighted by Crippen LogP contribution is -2.38. The number of benzene rings is 1. The van der Waals surface area contributed by atoms with Crippen molar-refractivity contribution in [2.75, 3.05) is 25.5 Å². The molecule has 7 nitrogen and oxygen atoms in total. The van der Waals surface area contributed by atoms with Crippen LogP contribution in [0.5, 0.6) is 5.75 Å². The number of nitrogens with one attached hydrogen (secondary N) is 1. The van der Waals surface area contributed by atoms with Gasteiger partial charge in [-0.15, -0.1) is 0 Å². The zero-order chi connectivity index (χ0) is 17.6. The predicted octanol–water partition coefficient (Wildman–Crippen LogP) is 3.07. The molecule has 25 heavy (non-hydrogen) atoms. The number of likely N-dealkylation sites (tertiary alicyclic amines) is 1. The highest BCUT2D eigenvalue weighted by molar-refractivity contribution is 5.61. The van der Waals surface area contributed by atoms with Gasteiger partial charge in [-0.25, -0.2) is 0 Å². The van der Waals surface area contributed by atoms with E-state index in [0.717, 1.165) is 38.2 Å². The number of non-ortho nitro benzene ring substituents is 1. The topological polar surface area (TPSA) is 80.5 Å². The van der Waals surface area contributed by atoms with Gasteiger partial charge in [0.2, 0.25) is 0 Å². The van der Waals surface area contributed by atoms with Gasteiger partial charge in [0.15, 0.2) is 0 Å². The predicted molar refractivity (Wildman–Crippen MR) is 95.8 cm³/mol. The van der Waals surface area contributed by atoms with E-state index < -0.39 is 4.92 Å². The Balaban J connectivity index is 1.56. The van der Waals surface area contributed by atoms with Gasteiger partial charge >= 0.3 is 0 Å². The Kier molecular flexibility index (Phi) is 5.45. The minimum atomic E-state index is -0.413. The van der Waals surface area contributed by atoms with Crippen molar-refractivity contribution in [3.8, 4) is 5.75 Å². The summed E-state index contributed by atoms with van der Waals surface area (Å²) < 4.78 is 5.29. The van der Waals surface area contributed by atoms with E-state index in [4.69, 9.17) is 4.74 Å². The molecular formula is C18H22N4O3. The Bertz CT molecular complexity index is 716. The van der Waals surface area contributed by atoms with E-state index in [9.17, 15) is 10.1 Å². The van der Waals surface area contributed by atoms with E-state index >= 15 is 0 Å². The van der Waals surface area contributed by atoms with Gasteiger partial charge in [-0.05, 0) is 30.5 Å². The summed E-state index contributed by atoms with van der Waals surface area (Å²) in [5.41, 5.74) is 2.07. The monoisotopic (exact) mass is 342 g/mol. The molecule has 0 unspecified atom stereocenters. The van der Waals surface area contributed by atoms with Crippen LogP contribution in [-0.4, -0.2) is 41.0 Å². The maximum atomic E-state index is 10.9. The highest BCUT2D eigenvalue weighted by Crippen LogP contribution is 2.30. The molecule has 2 aromatic rings. The van der Waals surface area contributed by atoms with Crippen LogP contribution in [-0.2, 0) is 6.54 Å². The number of pyridine rings is 1. The highest BCUT2D eigenvalue weighted by atomic mass is 16.6. The van der Waals surface area contributed by atoms with Crippen molar-refractivity contribution in [1.29, 1.82) is 0 Å². The second kappa shape index (κ2) is 7.94. The summed E-state index contributed by atoms with van der Waals surface area (Å²) in [7, 11) is 1.53. The van der Waals surface area contributed by atoms with Gasteiger partial charge in [0, 0.05) is 44.1 Å². The van der Waals surface area contributed by atoms with Crippen molar-refractivity contribution >= 4 is 11.4 Å². The van der Waals surface area contributed by atoms with Crippen LogP contribution in [0, 0.1) is 10.1 Å². The normalized spacial score (nSPS) is 15.7. The standard InChI is InChI=1S/C18H22N4O3/c1-25-18-11-16(22(23)24)4-5-17(18)20-15-6-9-21(10-7-15)13-14-3-2-8-19-12-14/h2-5,8,11-12,15,20H,6-7,9-10,13H2,1H3. The molecule has 2 heterocycles. The summed E-state index contributed by atoms with van der Waals surface area (Å²) in [4.78, 5) is 17.0. The summed E-state index contributed by atoms with van der Waals surface area (Å²) in [6, 6.07) is 9.07. The van der Waals surface area contributed by atoms with Crippen LogP contribution in [0.25, 0.3) is 0 Å². The minimum absolute atomic E-state index is 0.0358. The Morgan fingerprint density at radius 3 is 2.80 bits per heavy atom. The quantitative estimate of drug-likeness (QED) is 0.642. The van der Waals surface area contributed by atoms with Crippen molar-refractivity contribution in [3.05, 3.63) is 58.4 Å². The molecule has 0 atom stereocenters. The average molecular weight is 342 g/mol. The minimum Gasteiger partial charge on any atom is -0.494 e. The first-order valence-corrected chi connectivity index (χ1v) is 8.36. The van der Waals surface area contributed by atoms with E-state index in [1.807, 2.05) is 12.3 Å². The number of nitro benzene ring substituents is 1. The van der Waals surface area contributed by atoms with Gasteiger partial charge in [-0.3, -0.25) is 20.0 Å². The SMILES string of the molecule is COc1cc([N+](=O)[O-])ccc1NC1CCN(Cc2cccnc2)CC1. The lowest BCUT2D eigenvalue weighted by molar-refractivity contribution is -0.384. The molecule has 0 aliphatic carbocycles. The summed E-state index contributed by atoms with van der Waals surface area (Å²) in [6.45, 7) is 2.92. The number of anilines is 1. The van der Waals surface area contributed by atoms with Crippen LogP contribution in [0.15, 0.2) is 42.7 Å². The zero-order valence-corrected chi connectivity index (χ0v) is 14.2. The van der Waals surface area contributed by atoms with Crippen LogP contribution in [0.3, 0.4) is 0 Å². The number of aromatic nitrogens is 1. The Labute approximate surface area is 146 Å². The van der Waals surface area contributed by atoms with Crippen LogP contribution in [0.4, 0.5) is 11.4 Å². The average Bonchev–Trinajstić information content (AvgIpc) is 2.64. The van der Waals surface area contributed by atoms with Crippen molar-refractivity contribution < 1.29 is 9.66 Å². The van der Waals surface area contributed by atoms with E-state index in [0.29, 0.717) is 11.8 Å². The molecule has 0 bridgehead atoms. The fourth-order valence-electron chi connectivity index (χ4n) is 3.12. The number of hydrogen-bond acceptors (Lipinski definition) is 6. The number of hydrogen-bond donors (Lipinski definition) is 1. The van der Waals surface area contributed by atoms with Crippen LogP contribution >= 0.6 is 0 Å². The van der Waals surface area contributed by atoms with Crippen LogP contribution in [0.2, 0.25) is 0 Å². The molecule has 1 N–H and O–H groups in total. The fourth-order valence-corrected chi connectivity index (χ4v) is 3.12. The molecule has 1 saturated heterocycles. The summed E-state index contributed by atoms with van der Waals surface area (Å²) in [6.07, 6.45) is 5.73. The number of nitrogens with zero attached hydrogens (tertiary/aromatic N) is 3. The van der Waals surface area contributed by atoms with Crippen molar-refractivity contribution in [3.63, 3.8) is 0 Å². The van der Waals surface area contributed by atoms with E-state index in [2.05, 4.69) is 21.3 Å². The van der Waals surface area contributed by atoms with Crippen LogP contribution < -0.4 is 10.1 Å². The fraction of sp³-hybridized carbons (Fsp3) is 0.389. The number of methoxy groups -OCH3 is 1. The van der Waals surface area contributed by atoms with Gasteiger partial charge in [0.25, 0.3) is 5.69 Å². The molecule has 3 rings (SSSR count). The molecule has 1 aliphatic heterocycles. The van der Waals surface area contributed by atoms with E-state index in [1.165, 1.54) is 24.8 Å². The zero-order valence-electron chi connectivity index (χ0n) is 14.2. The van der Waals surface area contributed by atoms with Gasteiger partial charge in [-0.1, -0.05) is 6.07 Å². The molecule has 0 amide bonds. The lowest BCUT2D eigenvalue weighted by atomic mass is 10.0. The van der Waals surface area contributed by atoms with E-state index in [1.54, 1.807) is 12.3 Å². The Morgan fingerprint density at radius 2 is 2.16 bits per heavy atom. The smallest absolute Gasteiger partial charge is 0.273 e. The summed E-state index contributed by atoms with van der Waals surface area (Å²) in [5.74, 6) is 0.506. The van der Waals surface area contributed by atoms with E-state index in [-0.39, 0.29) is 5.69 Å². The first-order chi connectivity index (χ1) is 12.2. The molecular weight excluding hydrogens is 320 g/mol. The van der Waals surface area contributed by atoms with Gasteiger partial charge in [-0.2, -0.15) is 0 Å². The first-order valence-electron chi connectivity index (χ1n) is 8.36. The third-order valence-electron chi connectivity index (χ3n) is 4.47. The van der Waals surface area contributed by atoms with Gasteiger partial charge in [0.05, 0.1) is 23.8 Å². The molecule has 1 aliphatic rings. The third kappa shape index (κ3) is 4.45. The first kappa shape index (κ1) is 17.2. The number of ether oxygens (including phenoxy) is 1. The number of nitro groups is 1. The van der Waals surface area contributed by atoms with Crippen LogP contribution in [0.1, 0.15) is 18.4 Å². The number of piperidine rings is 1. The summed E-state index contributed by atoms with van der Waals surface area (Å²) in [5, 5.41) is 14.3. The Hall–Kier alpha value is -2.67.